The highest BCUT2D eigenvalue weighted by molar-refractivity contribution is 5.95. The molecule has 0 saturated carbocycles. The van der Waals surface area contributed by atoms with Crippen LogP contribution in [0.4, 0.5) is 5.69 Å². The largest absolute Gasteiger partial charge is 0.389 e. The SMILES string of the molecule is CC(O)c1ccccc1NC(=O)C1COCCO1. The number of para-hydroxylation sites is 1. The minimum Gasteiger partial charge on any atom is -0.389 e. The predicted octanol–water partition coefficient (Wildman–Crippen LogP) is 1.09. The van der Waals surface area contributed by atoms with Gasteiger partial charge in [0.25, 0.3) is 5.91 Å². The smallest absolute Gasteiger partial charge is 0.255 e. The maximum absolute atomic E-state index is 11.9. The molecule has 1 amide bonds. The molecule has 0 spiro atoms. The number of aliphatic hydroxyl groups excluding tert-OH is 1. The molecule has 98 valence electrons. The number of anilines is 1. The quantitative estimate of drug-likeness (QED) is 0.844. The molecular weight excluding hydrogens is 234 g/mol. The lowest BCUT2D eigenvalue weighted by Gasteiger charge is -2.23. The minimum absolute atomic E-state index is 0.247. The van der Waals surface area contributed by atoms with Crippen LogP contribution in [0.1, 0.15) is 18.6 Å². The zero-order valence-electron chi connectivity index (χ0n) is 10.3. The third kappa shape index (κ3) is 3.07. The number of rotatable bonds is 3. The average molecular weight is 251 g/mol. The molecule has 1 aliphatic heterocycles. The molecule has 2 atom stereocenters. The van der Waals surface area contributed by atoms with E-state index >= 15 is 0 Å². The van der Waals surface area contributed by atoms with Crippen LogP contribution in [0, 0.1) is 0 Å². The molecule has 2 rings (SSSR count). The Balaban J connectivity index is 2.06. The van der Waals surface area contributed by atoms with Crippen LogP contribution in [0.5, 0.6) is 0 Å². The van der Waals surface area contributed by atoms with Crippen molar-refractivity contribution in [1.82, 2.24) is 0 Å². The van der Waals surface area contributed by atoms with E-state index in [-0.39, 0.29) is 12.5 Å². The minimum atomic E-state index is -0.634. The van der Waals surface area contributed by atoms with E-state index in [2.05, 4.69) is 5.32 Å². The second-order valence-electron chi connectivity index (χ2n) is 4.19. The van der Waals surface area contributed by atoms with E-state index < -0.39 is 12.2 Å². The summed E-state index contributed by atoms with van der Waals surface area (Å²) in [5.41, 5.74) is 1.29. The highest BCUT2D eigenvalue weighted by Gasteiger charge is 2.23. The Labute approximate surface area is 106 Å². The zero-order valence-corrected chi connectivity index (χ0v) is 10.3. The van der Waals surface area contributed by atoms with E-state index in [1.54, 1.807) is 25.1 Å². The van der Waals surface area contributed by atoms with Gasteiger partial charge >= 0.3 is 0 Å². The molecule has 1 aliphatic rings. The third-order valence-corrected chi connectivity index (χ3v) is 2.78. The van der Waals surface area contributed by atoms with E-state index in [1.165, 1.54) is 0 Å². The van der Waals surface area contributed by atoms with Gasteiger partial charge in [0.2, 0.25) is 0 Å². The summed E-state index contributed by atoms with van der Waals surface area (Å²) in [7, 11) is 0. The lowest BCUT2D eigenvalue weighted by atomic mass is 10.1. The Bertz CT molecular complexity index is 413. The fraction of sp³-hybridized carbons (Fsp3) is 0.462. The van der Waals surface area contributed by atoms with Crippen molar-refractivity contribution in [3.05, 3.63) is 29.8 Å². The first-order chi connectivity index (χ1) is 8.68. The van der Waals surface area contributed by atoms with Gasteiger partial charge in [0.05, 0.1) is 25.9 Å². The first-order valence-electron chi connectivity index (χ1n) is 5.95. The summed E-state index contributed by atoms with van der Waals surface area (Å²) in [5.74, 6) is -0.247. The van der Waals surface area contributed by atoms with Gasteiger partial charge < -0.3 is 19.9 Å². The van der Waals surface area contributed by atoms with Crippen molar-refractivity contribution < 1.29 is 19.4 Å². The first-order valence-corrected chi connectivity index (χ1v) is 5.95. The van der Waals surface area contributed by atoms with E-state index in [0.717, 1.165) is 0 Å². The average Bonchev–Trinajstić information content (AvgIpc) is 2.40. The van der Waals surface area contributed by atoms with Gasteiger partial charge in [0.1, 0.15) is 0 Å². The van der Waals surface area contributed by atoms with Gasteiger partial charge in [-0.1, -0.05) is 18.2 Å². The maximum atomic E-state index is 11.9. The lowest BCUT2D eigenvalue weighted by molar-refractivity contribution is -0.142. The monoisotopic (exact) mass is 251 g/mol. The molecule has 0 radical (unpaired) electrons. The van der Waals surface area contributed by atoms with E-state index in [9.17, 15) is 9.90 Å². The van der Waals surface area contributed by atoms with Gasteiger partial charge in [-0.3, -0.25) is 4.79 Å². The van der Waals surface area contributed by atoms with Gasteiger partial charge in [-0.2, -0.15) is 0 Å². The standard InChI is InChI=1S/C13H17NO4/c1-9(15)10-4-2-3-5-11(10)14-13(16)12-8-17-6-7-18-12/h2-5,9,12,15H,6-8H2,1H3,(H,14,16). The first kappa shape index (κ1) is 13.0. The molecule has 5 heteroatoms. The fourth-order valence-electron chi connectivity index (χ4n) is 1.83. The van der Waals surface area contributed by atoms with Crippen molar-refractivity contribution in [2.45, 2.75) is 19.1 Å². The van der Waals surface area contributed by atoms with Crippen LogP contribution in [0.3, 0.4) is 0 Å². The summed E-state index contributed by atoms with van der Waals surface area (Å²) >= 11 is 0. The van der Waals surface area contributed by atoms with Gasteiger partial charge in [0, 0.05) is 11.3 Å². The number of nitrogens with one attached hydrogen (secondary N) is 1. The molecule has 2 unspecified atom stereocenters. The molecule has 2 N–H and O–H groups in total. The summed E-state index contributed by atoms with van der Waals surface area (Å²) in [4.78, 5) is 11.9. The Kier molecular flexibility index (Phi) is 4.30. The van der Waals surface area contributed by atoms with Crippen LogP contribution in [0.2, 0.25) is 0 Å². The third-order valence-electron chi connectivity index (χ3n) is 2.78. The van der Waals surface area contributed by atoms with Crippen molar-refractivity contribution in [3.8, 4) is 0 Å². The predicted molar refractivity (Wildman–Crippen MR) is 66.3 cm³/mol. The Hall–Kier alpha value is -1.43. The lowest BCUT2D eigenvalue weighted by Crippen LogP contribution is -2.39. The van der Waals surface area contributed by atoms with E-state index in [1.807, 2.05) is 6.07 Å². The van der Waals surface area contributed by atoms with Crippen LogP contribution < -0.4 is 5.32 Å². The van der Waals surface area contributed by atoms with E-state index in [0.29, 0.717) is 24.5 Å². The second-order valence-corrected chi connectivity index (χ2v) is 4.19. The Morgan fingerprint density at radius 2 is 2.22 bits per heavy atom. The molecule has 0 aliphatic carbocycles. The van der Waals surface area contributed by atoms with Crippen molar-refractivity contribution >= 4 is 11.6 Å². The van der Waals surface area contributed by atoms with Crippen molar-refractivity contribution in [2.24, 2.45) is 0 Å². The topological polar surface area (TPSA) is 67.8 Å². The molecular formula is C13H17NO4. The number of amides is 1. The summed E-state index contributed by atoms with van der Waals surface area (Å²) in [6, 6.07) is 7.15. The Morgan fingerprint density at radius 1 is 1.44 bits per heavy atom. The van der Waals surface area contributed by atoms with Crippen molar-refractivity contribution in [3.63, 3.8) is 0 Å². The van der Waals surface area contributed by atoms with Crippen LogP contribution >= 0.6 is 0 Å². The molecule has 1 fully saturated rings. The van der Waals surface area contributed by atoms with Crippen LogP contribution in [0.15, 0.2) is 24.3 Å². The van der Waals surface area contributed by atoms with Crippen LogP contribution in [-0.4, -0.2) is 36.9 Å². The second kappa shape index (κ2) is 5.95. The highest BCUT2D eigenvalue weighted by atomic mass is 16.6. The number of benzene rings is 1. The number of carbonyl (C=O) groups is 1. The number of ether oxygens (including phenoxy) is 2. The maximum Gasteiger partial charge on any atom is 0.255 e. The fourth-order valence-corrected chi connectivity index (χ4v) is 1.83. The molecule has 5 nitrogen and oxygen atoms in total. The zero-order chi connectivity index (χ0) is 13.0. The summed E-state index contributed by atoms with van der Waals surface area (Å²) in [6.07, 6.45) is -1.22. The number of carbonyl (C=O) groups excluding carboxylic acids is 1. The molecule has 1 aromatic carbocycles. The Morgan fingerprint density at radius 3 is 2.89 bits per heavy atom. The van der Waals surface area contributed by atoms with Gasteiger partial charge in [-0.15, -0.1) is 0 Å². The van der Waals surface area contributed by atoms with Gasteiger partial charge in [-0.25, -0.2) is 0 Å². The summed E-state index contributed by atoms with van der Waals surface area (Å²) in [6.45, 7) is 2.87. The number of aliphatic hydroxyl groups is 1. The van der Waals surface area contributed by atoms with Crippen molar-refractivity contribution in [1.29, 1.82) is 0 Å². The number of hydrogen-bond donors (Lipinski definition) is 2. The van der Waals surface area contributed by atoms with Gasteiger partial charge in [-0.05, 0) is 13.0 Å². The molecule has 0 bridgehead atoms. The van der Waals surface area contributed by atoms with Gasteiger partial charge in [0.15, 0.2) is 6.10 Å². The number of hydrogen-bond acceptors (Lipinski definition) is 4. The normalized spacial score (nSPS) is 21.3. The molecule has 18 heavy (non-hydrogen) atoms. The van der Waals surface area contributed by atoms with Crippen molar-refractivity contribution in [2.75, 3.05) is 25.1 Å². The van der Waals surface area contributed by atoms with Crippen LogP contribution in [0.25, 0.3) is 0 Å². The highest BCUT2D eigenvalue weighted by Crippen LogP contribution is 2.22. The molecule has 1 heterocycles. The van der Waals surface area contributed by atoms with E-state index in [4.69, 9.17) is 9.47 Å². The summed E-state index contributed by atoms with van der Waals surface area (Å²) in [5, 5.41) is 12.4. The molecule has 0 aromatic heterocycles. The van der Waals surface area contributed by atoms with Crippen LogP contribution in [-0.2, 0) is 14.3 Å². The molecule has 1 saturated heterocycles. The molecule has 1 aromatic rings. The summed E-state index contributed by atoms with van der Waals surface area (Å²) < 4.78 is 10.5.